The minimum Gasteiger partial charge on any atom is -0.440 e. The first-order valence-corrected chi connectivity index (χ1v) is 9.83. The number of piperidine rings is 1. The third-order valence-corrected chi connectivity index (χ3v) is 5.86. The van der Waals surface area contributed by atoms with E-state index in [2.05, 4.69) is 15.3 Å². The van der Waals surface area contributed by atoms with E-state index in [1.54, 1.807) is 0 Å². The Balaban J connectivity index is 1.43. The van der Waals surface area contributed by atoms with E-state index in [0.29, 0.717) is 0 Å². The number of aryl methyl sites for hydroxylation is 1. The second kappa shape index (κ2) is 7.07. The van der Waals surface area contributed by atoms with Crippen molar-refractivity contribution in [2.45, 2.75) is 32.6 Å². The summed E-state index contributed by atoms with van der Waals surface area (Å²) in [5.74, 6) is 1.15. The number of hydrogen-bond acceptors (Lipinski definition) is 6. The van der Waals surface area contributed by atoms with Gasteiger partial charge >= 0.3 is 0 Å². The molecule has 26 heavy (non-hydrogen) atoms. The van der Waals surface area contributed by atoms with E-state index in [-0.39, 0.29) is 11.8 Å². The lowest BCUT2D eigenvalue weighted by atomic mass is 9.96. The standard InChI is InChI=1S/C19H22N4O2S/c1-3-20-19-21-12(2)16(26-19)18(24)23-10-8-13(9-11-23)17-22-14-6-4-5-7-15(14)25-17/h4-7,13H,3,8-11H2,1-2H3,(H,20,21). The van der Waals surface area contributed by atoms with Crippen molar-refractivity contribution in [2.24, 2.45) is 0 Å². The fourth-order valence-electron chi connectivity index (χ4n) is 3.36. The molecule has 136 valence electrons. The van der Waals surface area contributed by atoms with Crippen LogP contribution < -0.4 is 5.32 Å². The van der Waals surface area contributed by atoms with Crippen LogP contribution in [0.1, 0.15) is 46.9 Å². The van der Waals surface area contributed by atoms with E-state index < -0.39 is 0 Å². The molecule has 7 heteroatoms. The first-order chi connectivity index (χ1) is 12.7. The van der Waals surface area contributed by atoms with Gasteiger partial charge in [0.15, 0.2) is 16.6 Å². The number of likely N-dealkylation sites (tertiary alicyclic amines) is 1. The first kappa shape index (κ1) is 17.0. The van der Waals surface area contributed by atoms with E-state index in [1.165, 1.54) is 11.3 Å². The second-order valence-corrected chi connectivity index (χ2v) is 7.55. The Morgan fingerprint density at radius 3 is 2.81 bits per heavy atom. The monoisotopic (exact) mass is 370 g/mol. The molecule has 4 rings (SSSR count). The highest BCUT2D eigenvalue weighted by Crippen LogP contribution is 2.31. The van der Waals surface area contributed by atoms with Gasteiger partial charge in [-0.3, -0.25) is 4.79 Å². The van der Waals surface area contributed by atoms with Crippen LogP contribution in [-0.2, 0) is 0 Å². The van der Waals surface area contributed by atoms with Gasteiger partial charge in [0, 0.05) is 25.6 Å². The average Bonchev–Trinajstić information content (AvgIpc) is 3.25. The topological polar surface area (TPSA) is 71.3 Å². The van der Waals surface area contributed by atoms with Crippen LogP contribution in [0.3, 0.4) is 0 Å². The second-order valence-electron chi connectivity index (χ2n) is 6.55. The summed E-state index contributed by atoms with van der Waals surface area (Å²) in [6, 6.07) is 7.83. The van der Waals surface area contributed by atoms with E-state index in [9.17, 15) is 4.79 Å². The molecule has 0 atom stereocenters. The number of carbonyl (C=O) groups excluding carboxylic acids is 1. The third-order valence-electron chi connectivity index (χ3n) is 4.76. The van der Waals surface area contributed by atoms with Gasteiger partial charge < -0.3 is 14.6 Å². The highest BCUT2D eigenvalue weighted by molar-refractivity contribution is 7.17. The summed E-state index contributed by atoms with van der Waals surface area (Å²) in [6.45, 7) is 6.16. The van der Waals surface area contributed by atoms with Crippen LogP contribution in [0.2, 0.25) is 0 Å². The van der Waals surface area contributed by atoms with Gasteiger partial charge in [-0.1, -0.05) is 23.5 Å². The number of carbonyl (C=O) groups is 1. The molecular formula is C19H22N4O2S. The van der Waals surface area contributed by atoms with E-state index in [4.69, 9.17) is 4.42 Å². The fraction of sp³-hybridized carbons (Fsp3) is 0.421. The number of nitrogens with zero attached hydrogens (tertiary/aromatic N) is 3. The highest BCUT2D eigenvalue weighted by Gasteiger charge is 2.29. The molecular weight excluding hydrogens is 348 g/mol. The SMILES string of the molecule is CCNc1nc(C)c(C(=O)N2CCC(c3nc4ccccc4o3)CC2)s1. The molecule has 1 N–H and O–H groups in total. The van der Waals surface area contributed by atoms with Gasteiger partial charge in [-0.25, -0.2) is 9.97 Å². The van der Waals surface area contributed by atoms with Crippen LogP contribution in [0.4, 0.5) is 5.13 Å². The Hall–Kier alpha value is -2.41. The number of hydrogen-bond donors (Lipinski definition) is 1. The fourth-order valence-corrected chi connectivity index (χ4v) is 4.36. The molecule has 1 saturated heterocycles. The lowest BCUT2D eigenvalue weighted by Crippen LogP contribution is -2.37. The Morgan fingerprint density at radius 1 is 1.31 bits per heavy atom. The van der Waals surface area contributed by atoms with E-state index in [1.807, 2.05) is 43.0 Å². The smallest absolute Gasteiger partial charge is 0.265 e. The number of oxazole rings is 1. The molecule has 1 amide bonds. The van der Waals surface area contributed by atoms with Crippen molar-refractivity contribution < 1.29 is 9.21 Å². The maximum atomic E-state index is 12.9. The Morgan fingerprint density at radius 2 is 2.08 bits per heavy atom. The summed E-state index contributed by atoms with van der Waals surface area (Å²) in [7, 11) is 0. The van der Waals surface area contributed by atoms with Gasteiger partial charge in [0.05, 0.1) is 5.69 Å². The lowest BCUT2D eigenvalue weighted by molar-refractivity contribution is 0.0710. The van der Waals surface area contributed by atoms with Crippen LogP contribution in [0.5, 0.6) is 0 Å². The van der Waals surface area contributed by atoms with E-state index >= 15 is 0 Å². The van der Waals surface area contributed by atoms with Gasteiger partial charge in [0.2, 0.25) is 0 Å². The van der Waals surface area contributed by atoms with Gasteiger partial charge in [-0.15, -0.1) is 0 Å². The molecule has 0 aliphatic carbocycles. The average molecular weight is 370 g/mol. The molecule has 6 nitrogen and oxygen atoms in total. The zero-order valence-corrected chi connectivity index (χ0v) is 15.8. The molecule has 3 heterocycles. The van der Waals surface area contributed by atoms with Crippen LogP contribution in [0.25, 0.3) is 11.1 Å². The molecule has 3 aromatic rings. The predicted octanol–water partition coefficient (Wildman–Crippen LogP) is 4.04. The van der Waals surface area contributed by atoms with Crippen molar-refractivity contribution in [1.82, 2.24) is 14.9 Å². The highest BCUT2D eigenvalue weighted by atomic mass is 32.1. The first-order valence-electron chi connectivity index (χ1n) is 9.01. The summed E-state index contributed by atoms with van der Waals surface area (Å²) in [5, 5.41) is 4.00. The summed E-state index contributed by atoms with van der Waals surface area (Å²) in [6.07, 6.45) is 1.74. The zero-order chi connectivity index (χ0) is 18.1. The molecule has 1 aliphatic rings. The number of nitrogens with one attached hydrogen (secondary N) is 1. The number of rotatable bonds is 4. The van der Waals surface area contributed by atoms with Crippen LogP contribution in [0, 0.1) is 6.92 Å². The number of para-hydroxylation sites is 2. The predicted molar refractivity (Wildman–Crippen MR) is 103 cm³/mol. The minimum absolute atomic E-state index is 0.0835. The molecule has 0 saturated carbocycles. The summed E-state index contributed by atoms with van der Waals surface area (Å²) in [5.41, 5.74) is 2.53. The van der Waals surface area contributed by atoms with E-state index in [0.717, 1.165) is 65.2 Å². The van der Waals surface area contributed by atoms with Crippen molar-refractivity contribution in [1.29, 1.82) is 0 Å². The van der Waals surface area contributed by atoms with Crippen LogP contribution >= 0.6 is 11.3 Å². The summed E-state index contributed by atoms with van der Waals surface area (Å²) < 4.78 is 5.91. The summed E-state index contributed by atoms with van der Waals surface area (Å²) >= 11 is 1.44. The number of aromatic nitrogens is 2. The molecule has 0 bridgehead atoms. The molecule has 0 radical (unpaired) electrons. The molecule has 2 aromatic heterocycles. The summed E-state index contributed by atoms with van der Waals surface area (Å²) in [4.78, 5) is 24.6. The van der Waals surface area contributed by atoms with Crippen molar-refractivity contribution in [3.63, 3.8) is 0 Å². The number of fused-ring (bicyclic) bond motifs is 1. The Kier molecular flexibility index (Phi) is 4.63. The Bertz CT molecular complexity index is 892. The van der Waals surface area contributed by atoms with Crippen molar-refractivity contribution >= 4 is 33.5 Å². The Labute approximate surface area is 156 Å². The number of anilines is 1. The third kappa shape index (κ3) is 3.19. The maximum Gasteiger partial charge on any atom is 0.265 e. The van der Waals surface area contributed by atoms with Crippen molar-refractivity contribution in [3.05, 3.63) is 40.7 Å². The maximum absolute atomic E-state index is 12.9. The van der Waals surface area contributed by atoms with Crippen molar-refractivity contribution in [3.8, 4) is 0 Å². The van der Waals surface area contributed by atoms with Gasteiger partial charge in [0.1, 0.15) is 10.4 Å². The number of benzene rings is 1. The van der Waals surface area contributed by atoms with Gasteiger partial charge in [-0.2, -0.15) is 0 Å². The minimum atomic E-state index is 0.0835. The van der Waals surface area contributed by atoms with Gasteiger partial charge in [0.25, 0.3) is 5.91 Å². The zero-order valence-electron chi connectivity index (χ0n) is 15.0. The van der Waals surface area contributed by atoms with Crippen LogP contribution in [0.15, 0.2) is 28.7 Å². The normalized spacial score (nSPS) is 15.5. The van der Waals surface area contributed by atoms with Gasteiger partial charge in [-0.05, 0) is 38.8 Å². The molecule has 1 fully saturated rings. The molecule has 0 spiro atoms. The largest absolute Gasteiger partial charge is 0.440 e. The quantitative estimate of drug-likeness (QED) is 0.750. The number of amides is 1. The molecule has 0 unspecified atom stereocenters. The van der Waals surface area contributed by atoms with Crippen molar-refractivity contribution in [2.75, 3.05) is 25.0 Å². The molecule has 1 aromatic carbocycles. The molecule has 1 aliphatic heterocycles. The lowest BCUT2D eigenvalue weighted by Gasteiger charge is -2.30. The van der Waals surface area contributed by atoms with Crippen LogP contribution in [-0.4, -0.2) is 40.4 Å². The number of thiazole rings is 1.